The first kappa shape index (κ1) is 17.0. The zero-order chi connectivity index (χ0) is 15.6. The quantitative estimate of drug-likeness (QED) is 0.718. The Morgan fingerprint density at radius 1 is 1.25 bits per heavy atom. The molecule has 1 aromatic rings. The van der Waals surface area contributed by atoms with Crippen molar-refractivity contribution in [2.45, 2.75) is 23.6 Å². The van der Waals surface area contributed by atoms with Gasteiger partial charge >= 0.3 is 0 Å². The van der Waals surface area contributed by atoms with Gasteiger partial charge in [-0.15, -0.1) is 0 Å². The van der Waals surface area contributed by atoms with Crippen LogP contribution in [0.25, 0.3) is 0 Å². The summed E-state index contributed by atoms with van der Waals surface area (Å²) in [5, 5.41) is -0.965. The van der Waals surface area contributed by atoms with Gasteiger partial charge in [-0.1, -0.05) is 24.4 Å². The minimum atomic E-state index is -3.63. The number of benzene rings is 1. The fourth-order valence-corrected chi connectivity index (χ4v) is 3.25. The average Bonchev–Trinajstić information content (AvgIpc) is 2.35. The Labute approximate surface area is 124 Å². The van der Waals surface area contributed by atoms with Gasteiger partial charge in [0.05, 0.1) is 9.88 Å². The van der Waals surface area contributed by atoms with E-state index in [9.17, 15) is 16.8 Å². The maximum absolute atomic E-state index is 11.8. The zero-order valence-corrected chi connectivity index (χ0v) is 13.5. The predicted octanol–water partition coefficient (Wildman–Crippen LogP) is 0.184. The number of nitrogens with one attached hydrogen (secondary N) is 1. The van der Waals surface area contributed by atoms with E-state index in [-0.39, 0.29) is 16.4 Å². The van der Waals surface area contributed by atoms with Crippen molar-refractivity contribution >= 4 is 37.1 Å². The van der Waals surface area contributed by atoms with Crippen molar-refractivity contribution in [1.29, 1.82) is 0 Å². The number of nitrogens with two attached hydrogens (primary N) is 1. The van der Waals surface area contributed by atoms with Crippen molar-refractivity contribution in [1.82, 2.24) is 4.72 Å². The van der Waals surface area contributed by atoms with E-state index >= 15 is 0 Å². The summed E-state index contributed by atoms with van der Waals surface area (Å²) in [4.78, 5) is 0.0746. The lowest BCUT2D eigenvalue weighted by Gasteiger charge is -2.12. The highest BCUT2D eigenvalue weighted by atomic mass is 32.2. The molecule has 6 nitrogen and oxygen atoms in total. The summed E-state index contributed by atoms with van der Waals surface area (Å²) in [5.74, 6) is 0. The Bertz CT molecular complexity index is 694. The molecule has 20 heavy (non-hydrogen) atoms. The fourth-order valence-electron chi connectivity index (χ4n) is 1.32. The van der Waals surface area contributed by atoms with Crippen LogP contribution in [0.4, 0.5) is 0 Å². The number of rotatable bonds is 6. The molecule has 0 amide bonds. The van der Waals surface area contributed by atoms with Crippen LogP contribution in [0.1, 0.15) is 12.5 Å². The molecular formula is C11H16N2O4S3. The second kappa shape index (κ2) is 6.17. The molecule has 0 bridgehead atoms. The summed E-state index contributed by atoms with van der Waals surface area (Å²) in [6.45, 7) is 1.44. The highest BCUT2D eigenvalue weighted by molar-refractivity contribution is 7.93. The van der Waals surface area contributed by atoms with E-state index < -0.39 is 25.1 Å². The van der Waals surface area contributed by atoms with Crippen LogP contribution in [0.2, 0.25) is 0 Å². The lowest BCUT2D eigenvalue weighted by Crippen LogP contribution is -2.39. The third kappa shape index (κ3) is 4.51. The van der Waals surface area contributed by atoms with Crippen molar-refractivity contribution in [2.24, 2.45) is 5.73 Å². The van der Waals surface area contributed by atoms with E-state index in [2.05, 4.69) is 16.9 Å². The summed E-state index contributed by atoms with van der Waals surface area (Å²) in [7, 11) is -6.89. The maximum Gasteiger partial charge on any atom is 0.221 e. The number of sulfone groups is 1. The number of hydrogen-bond acceptors (Lipinski definition) is 5. The molecule has 0 aliphatic carbocycles. The van der Waals surface area contributed by atoms with Gasteiger partial charge in [0.2, 0.25) is 10.0 Å². The molecule has 0 aromatic heterocycles. The van der Waals surface area contributed by atoms with E-state index in [0.717, 1.165) is 6.26 Å². The minimum absolute atomic E-state index is 0.0410. The van der Waals surface area contributed by atoms with Gasteiger partial charge in [0.25, 0.3) is 0 Å². The smallest absolute Gasteiger partial charge is 0.221 e. The molecule has 0 aliphatic heterocycles. The van der Waals surface area contributed by atoms with Gasteiger partial charge in [-0.2, -0.15) is 0 Å². The Morgan fingerprint density at radius 2 is 1.75 bits per heavy atom. The molecule has 0 heterocycles. The van der Waals surface area contributed by atoms with Crippen molar-refractivity contribution in [3.8, 4) is 0 Å². The largest absolute Gasteiger partial charge is 0.392 e. The molecule has 0 saturated carbocycles. The molecule has 0 aliphatic rings. The second-order valence-corrected chi connectivity index (χ2v) is 8.90. The summed E-state index contributed by atoms with van der Waals surface area (Å²) in [6.07, 6.45) is 1.11. The Hall–Kier alpha value is -1.03. The molecule has 0 spiro atoms. The highest BCUT2D eigenvalue weighted by Gasteiger charge is 2.22. The van der Waals surface area contributed by atoms with Gasteiger partial charge in [0.1, 0.15) is 5.25 Å². The van der Waals surface area contributed by atoms with Crippen LogP contribution in [0.15, 0.2) is 29.2 Å². The molecule has 9 heteroatoms. The fraction of sp³-hybridized carbons (Fsp3) is 0.364. The molecule has 0 fully saturated rings. The summed E-state index contributed by atoms with van der Waals surface area (Å²) >= 11 is 4.65. The minimum Gasteiger partial charge on any atom is -0.392 e. The van der Waals surface area contributed by atoms with Gasteiger partial charge in [-0.05, 0) is 24.6 Å². The van der Waals surface area contributed by atoms with Crippen LogP contribution in [0.5, 0.6) is 0 Å². The maximum atomic E-state index is 11.8. The topological polar surface area (TPSA) is 106 Å². The first-order valence-electron chi connectivity index (χ1n) is 5.61. The summed E-state index contributed by atoms with van der Waals surface area (Å²) in [6, 6.07) is 5.95. The molecular weight excluding hydrogens is 320 g/mol. The first-order valence-corrected chi connectivity index (χ1v) is 9.45. The van der Waals surface area contributed by atoms with Crippen molar-refractivity contribution in [2.75, 3.05) is 6.26 Å². The third-order valence-electron chi connectivity index (χ3n) is 2.70. The van der Waals surface area contributed by atoms with Crippen LogP contribution in [-0.2, 0) is 26.4 Å². The first-order chi connectivity index (χ1) is 9.04. The van der Waals surface area contributed by atoms with Crippen molar-refractivity contribution in [3.05, 3.63) is 29.8 Å². The highest BCUT2D eigenvalue weighted by Crippen LogP contribution is 2.10. The van der Waals surface area contributed by atoms with Crippen LogP contribution in [-0.4, -0.2) is 33.3 Å². The van der Waals surface area contributed by atoms with Crippen LogP contribution in [0, 0.1) is 0 Å². The Kier molecular flexibility index (Phi) is 5.25. The molecule has 0 radical (unpaired) electrons. The van der Waals surface area contributed by atoms with Gasteiger partial charge in [0, 0.05) is 12.8 Å². The molecule has 1 rings (SSSR count). The van der Waals surface area contributed by atoms with Gasteiger partial charge in [-0.3, -0.25) is 0 Å². The van der Waals surface area contributed by atoms with Crippen LogP contribution < -0.4 is 10.5 Å². The molecule has 3 N–H and O–H groups in total. The second-order valence-electron chi connectivity index (χ2n) is 4.33. The van der Waals surface area contributed by atoms with E-state index in [4.69, 9.17) is 5.73 Å². The molecule has 1 aromatic carbocycles. The van der Waals surface area contributed by atoms with E-state index in [1.165, 1.54) is 19.1 Å². The lowest BCUT2D eigenvalue weighted by atomic mass is 10.2. The molecule has 1 atom stereocenters. The number of thiocarbonyl (C=S) groups is 1. The molecule has 0 saturated heterocycles. The van der Waals surface area contributed by atoms with Crippen molar-refractivity contribution in [3.63, 3.8) is 0 Å². The number of hydrogen-bond donors (Lipinski definition) is 2. The Morgan fingerprint density at radius 3 is 2.15 bits per heavy atom. The lowest BCUT2D eigenvalue weighted by molar-refractivity contribution is 0.578. The molecule has 1 unspecified atom stereocenters. The van der Waals surface area contributed by atoms with E-state index in [0.29, 0.717) is 5.56 Å². The van der Waals surface area contributed by atoms with E-state index in [1.54, 1.807) is 12.1 Å². The van der Waals surface area contributed by atoms with Crippen molar-refractivity contribution < 1.29 is 16.8 Å². The van der Waals surface area contributed by atoms with Gasteiger partial charge in [-0.25, -0.2) is 21.6 Å². The summed E-state index contributed by atoms with van der Waals surface area (Å²) < 4.78 is 48.5. The average molecular weight is 336 g/mol. The van der Waals surface area contributed by atoms with Crippen LogP contribution in [0.3, 0.4) is 0 Å². The summed E-state index contributed by atoms with van der Waals surface area (Å²) in [5.41, 5.74) is 5.94. The predicted molar refractivity (Wildman–Crippen MR) is 81.6 cm³/mol. The normalized spacial score (nSPS) is 13.9. The van der Waals surface area contributed by atoms with Crippen LogP contribution >= 0.6 is 12.2 Å². The monoisotopic (exact) mass is 336 g/mol. The molecule has 112 valence electrons. The van der Waals surface area contributed by atoms with E-state index in [1.807, 2.05) is 0 Å². The third-order valence-corrected chi connectivity index (χ3v) is 6.06. The Balaban J connectivity index is 2.79. The SMILES string of the molecule is CC(C(N)=S)S(=O)(=O)NCc1ccc(S(C)(=O)=O)cc1. The standard InChI is InChI=1S/C11H16N2O4S3/c1-8(11(12)18)20(16,17)13-7-9-3-5-10(6-4-9)19(2,14)15/h3-6,8,13H,7H2,1-2H3,(H2,12,18). The van der Waals surface area contributed by atoms with Gasteiger partial charge < -0.3 is 5.73 Å². The van der Waals surface area contributed by atoms with Gasteiger partial charge in [0.15, 0.2) is 9.84 Å². The zero-order valence-electron chi connectivity index (χ0n) is 11.0. The number of sulfonamides is 1.